The minimum Gasteiger partial charge on any atom is -0.332 e. The fourth-order valence-corrected chi connectivity index (χ4v) is 3.83. The fraction of sp³-hybridized carbons (Fsp3) is 0.375. The quantitative estimate of drug-likeness (QED) is 0.716. The molecule has 0 spiro atoms. The molecule has 1 fully saturated rings. The predicted molar refractivity (Wildman–Crippen MR) is 115 cm³/mol. The van der Waals surface area contributed by atoms with Gasteiger partial charge in [-0.05, 0) is 50.5 Å². The molecule has 1 aliphatic rings. The number of amides is 4. The van der Waals surface area contributed by atoms with Crippen molar-refractivity contribution < 1.29 is 18.8 Å². The van der Waals surface area contributed by atoms with Crippen molar-refractivity contribution >= 4 is 17.8 Å². The molecule has 0 saturated carbocycles. The largest absolute Gasteiger partial charge is 0.332 e. The smallest absolute Gasteiger partial charge is 0.325 e. The van der Waals surface area contributed by atoms with Crippen LogP contribution in [0.25, 0.3) is 0 Å². The third-order valence-corrected chi connectivity index (χ3v) is 5.63. The van der Waals surface area contributed by atoms with Gasteiger partial charge >= 0.3 is 6.03 Å². The van der Waals surface area contributed by atoms with Crippen LogP contribution in [0.15, 0.2) is 54.6 Å². The molecular formula is C24H28FN3O3. The van der Waals surface area contributed by atoms with Gasteiger partial charge in [-0.3, -0.25) is 14.5 Å². The van der Waals surface area contributed by atoms with E-state index in [-0.39, 0.29) is 18.9 Å². The van der Waals surface area contributed by atoms with Crippen LogP contribution in [0.5, 0.6) is 0 Å². The molecule has 2 aromatic rings. The standard InChI is InChI=1S/C24H28FN3O3/c1-5-24(18-11-13-19(25)14-12-18)21(30)27(22(31)26-24)16-20(29)28(23(2,3)4)15-17-9-7-6-8-10-17/h6-14H,5,15-16H2,1-4H3,(H,26,31). The summed E-state index contributed by atoms with van der Waals surface area (Å²) in [4.78, 5) is 41.9. The van der Waals surface area contributed by atoms with E-state index in [2.05, 4.69) is 5.32 Å². The van der Waals surface area contributed by atoms with Crippen LogP contribution in [0.1, 0.15) is 45.2 Å². The van der Waals surface area contributed by atoms with Crippen LogP contribution in [0.3, 0.4) is 0 Å². The second-order valence-electron chi connectivity index (χ2n) is 8.72. The van der Waals surface area contributed by atoms with Crippen LogP contribution in [-0.4, -0.2) is 39.7 Å². The predicted octanol–water partition coefficient (Wildman–Crippen LogP) is 3.81. The molecule has 1 unspecified atom stereocenters. The first-order valence-corrected chi connectivity index (χ1v) is 10.3. The van der Waals surface area contributed by atoms with Gasteiger partial charge in [-0.1, -0.05) is 49.4 Å². The molecule has 31 heavy (non-hydrogen) atoms. The van der Waals surface area contributed by atoms with E-state index in [0.29, 0.717) is 12.1 Å². The average molecular weight is 426 g/mol. The van der Waals surface area contributed by atoms with Gasteiger partial charge in [-0.25, -0.2) is 9.18 Å². The van der Waals surface area contributed by atoms with E-state index in [0.717, 1.165) is 10.5 Å². The van der Waals surface area contributed by atoms with Gasteiger partial charge in [0.1, 0.15) is 17.9 Å². The van der Waals surface area contributed by atoms with Gasteiger partial charge in [0.25, 0.3) is 5.91 Å². The normalized spacial score (nSPS) is 18.8. The van der Waals surface area contributed by atoms with Crippen LogP contribution in [0.4, 0.5) is 9.18 Å². The first-order chi connectivity index (χ1) is 14.6. The van der Waals surface area contributed by atoms with E-state index in [1.54, 1.807) is 11.8 Å². The summed E-state index contributed by atoms with van der Waals surface area (Å²) in [7, 11) is 0. The Hall–Kier alpha value is -3.22. The highest BCUT2D eigenvalue weighted by atomic mass is 19.1. The summed E-state index contributed by atoms with van der Waals surface area (Å²) in [5, 5.41) is 2.73. The van der Waals surface area contributed by atoms with Crippen molar-refractivity contribution in [3.05, 3.63) is 71.5 Å². The zero-order valence-electron chi connectivity index (χ0n) is 18.3. The van der Waals surface area contributed by atoms with Crippen molar-refractivity contribution in [3.63, 3.8) is 0 Å². The summed E-state index contributed by atoms with van der Waals surface area (Å²) in [5.41, 5.74) is -0.374. The van der Waals surface area contributed by atoms with E-state index < -0.39 is 28.8 Å². The molecule has 1 aliphatic heterocycles. The molecule has 0 aromatic heterocycles. The molecule has 6 nitrogen and oxygen atoms in total. The van der Waals surface area contributed by atoms with Crippen LogP contribution >= 0.6 is 0 Å². The second kappa shape index (κ2) is 8.49. The monoisotopic (exact) mass is 425 g/mol. The van der Waals surface area contributed by atoms with E-state index in [9.17, 15) is 18.8 Å². The molecule has 7 heteroatoms. The van der Waals surface area contributed by atoms with Crippen LogP contribution in [0, 0.1) is 5.82 Å². The Bertz CT molecular complexity index is 970. The Morgan fingerprint density at radius 3 is 2.23 bits per heavy atom. The number of imide groups is 1. The van der Waals surface area contributed by atoms with Gasteiger partial charge in [-0.2, -0.15) is 0 Å². The summed E-state index contributed by atoms with van der Waals surface area (Å²) >= 11 is 0. The van der Waals surface area contributed by atoms with Crippen molar-refractivity contribution in [2.75, 3.05) is 6.54 Å². The molecule has 0 aliphatic carbocycles. The Labute approximate surface area is 182 Å². The molecule has 0 bridgehead atoms. The summed E-state index contributed by atoms with van der Waals surface area (Å²) < 4.78 is 13.4. The Morgan fingerprint density at radius 1 is 1.06 bits per heavy atom. The van der Waals surface area contributed by atoms with Crippen molar-refractivity contribution in [3.8, 4) is 0 Å². The highest BCUT2D eigenvalue weighted by Crippen LogP contribution is 2.33. The third kappa shape index (κ3) is 4.45. The average Bonchev–Trinajstić information content (AvgIpc) is 2.97. The maximum absolute atomic E-state index is 13.4. The molecule has 1 atom stereocenters. The molecule has 0 radical (unpaired) electrons. The highest BCUT2D eigenvalue weighted by molar-refractivity contribution is 6.09. The number of rotatable bonds is 6. The molecule has 2 aromatic carbocycles. The summed E-state index contributed by atoms with van der Waals surface area (Å²) in [6.45, 7) is 7.50. The van der Waals surface area contributed by atoms with Gasteiger partial charge in [-0.15, -0.1) is 0 Å². The zero-order chi connectivity index (χ0) is 22.8. The number of carbonyl (C=O) groups is 3. The van der Waals surface area contributed by atoms with Crippen LogP contribution in [-0.2, 0) is 21.7 Å². The molecule has 3 rings (SSSR count). The summed E-state index contributed by atoms with van der Waals surface area (Å²) in [6.07, 6.45) is 0.279. The topological polar surface area (TPSA) is 69.7 Å². The third-order valence-electron chi connectivity index (χ3n) is 5.63. The van der Waals surface area contributed by atoms with Gasteiger partial charge in [0, 0.05) is 12.1 Å². The summed E-state index contributed by atoms with van der Waals surface area (Å²) in [5.74, 6) is -1.26. The molecular weight excluding hydrogens is 397 g/mol. The molecule has 1 saturated heterocycles. The highest BCUT2D eigenvalue weighted by Gasteiger charge is 2.52. The number of nitrogens with zero attached hydrogens (tertiary/aromatic N) is 2. The number of nitrogens with one attached hydrogen (secondary N) is 1. The number of halogens is 1. The van der Waals surface area contributed by atoms with E-state index in [4.69, 9.17) is 0 Å². The zero-order valence-corrected chi connectivity index (χ0v) is 18.3. The van der Waals surface area contributed by atoms with Crippen molar-refractivity contribution in [2.24, 2.45) is 0 Å². The second-order valence-corrected chi connectivity index (χ2v) is 8.72. The van der Waals surface area contributed by atoms with E-state index >= 15 is 0 Å². The maximum Gasteiger partial charge on any atom is 0.325 e. The Kier molecular flexibility index (Phi) is 6.15. The number of hydrogen-bond acceptors (Lipinski definition) is 3. The molecule has 164 valence electrons. The Morgan fingerprint density at radius 2 is 1.68 bits per heavy atom. The van der Waals surface area contributed by atoms with Gasteiger partial charge in [0.05, 0.1) is 0 Å². The molecule has 4 amide bonds. The minimum atomic E-state index is -1.31. The molecule has 1 N–H and O–H groups in total. The minimum absolute atomic E-state index is 0.279. The van der Waals surface area contributed by atoms with Crippen molar-refractivity contribution in [2.45, 2.75) is 51.7 Å². The number of carbonyl (C=O) groups excluding carboxylic acids is 3. The lowest BCUT2D eigenvalue weighted by atomic mass is 9.87. The van der Waals surface area contributed by atoms with Gasteiger partial charge < -0.3 is 10.2 Å². The number of benzene rings is 2. The lowest BCUT2D eigenvalue weighted by Gasteiger charge is -2.36. The number of urea groups is 1. The van der Waals surface area contributed by atoms with E-state index in [1.807, 2.05) is 51.1 Å². The lowest BCUT2D eigenvalue weighted by molar-refractivity contribution is -0.142. The lowest BCUT2D eigenvalue weighted by Crippen LogP contribution is -2.50. The number of hydrogen-bond donors (Lipinski definition) is 1. The van der Waals surface area contributed by atoms with Crippen LogP contribution < -0.4 is 5.32 Å². The maximum atomic E-state index is 13.4. The van der Waals surface area contributed by atoms with Crippen molar-refractivity contribution in [1.82, 2.24) is 15.1 Å². The summed E-state index contributed by atoms with van der Waals surface area (Å²) in [6, 6.07) is 14.4. The van der Waals surface area contributed by atoms with Crippen LogP contribution in [0.2, 0.25) is 0 Å². The first kappa shape index (κ1) is 22.5. The van der Waals surface area contributed by atoms with Gasteiger partial charge in [0.2, 0.25) is 5.91 Å². The van der Waals surface area contributed by atoms with Gasteiger partial charge in [0.15, 0.2) is 0 Å². The Balaban J connectivity index is 1.85. The van der Waals surface area contributed by atoms with Crippen molar-refractivity contribution in [1.29, 1.82) is 0 Å². The fourth-order valence-electron chi connectivity index (χ4n) is 3.83. The first-order valence-electron chi connectivity index (χ1n) is 10.3. The SMILES string of the molecule is CCC1(c2ccc(F)cc2)NC(=O)N(CC(=O)N(Cc2ccccc2)C(C)(C)C)C1=O. The van der Waals surface area contributed by atoms with E-state index in [1.165, 1.54) is 24.3 Å². The molecule has 1 heterocycles.